The third-order valence-corrected chi connectivity index (χ3v) is 5.46. The third-order valence-electron chi connectivity index (χ3n) is 3.66. The first kappa shape index (κ1) is 13.2. The van der Waals surface area contributed by atoms with Gasteiger partial charge in [-0.1, -0.05) is 25.3 Å². The van der Waals surface area contributed by atoms with Crippen molar-refractivity contribution < 1.29 is 8.42 Å². The van der Waals surface area contributed by atoms with Crippen LogP contribution in [0.15, 0.2) is 24.3 Å². The second kappa shape index (κ2) is 5.18. The molecule has 0 spiro atoms. The summed E-state index contributed by atoms with van der Waals surface area (Å²) in [5.74, 6) is 0.831. The number of hydrogen-bond acceptors (Lipinski definition) is 3. The highest BCUT2D eigenvalue weighted by molar-refractivity contribution is 7.92. The summed E-state index contributed by atoms with van der Waals surface area (Å²) in [6, 6.07) is 6.96. The maximum absolute atomic E-state index is 12.2. The van der Waals surface area contributed by atoms with Crippen molar-refractivity contribution in [3.8, 4) is 0 Å². The Hall–Kier alpha value is -1.23. The molecule has 0 aliphatic heterocycles. The fraction of sp³-hybridized carbons (Fsp3) is 0.538. The lowest BCUT2D eigenvalue weighted by atomic mass is 9.84. The molecule has 1 aromatic carbocycles. The Morgan fingerprint density at radius 2 is 2.11 bits per heavy atom. The first-order valence-electron chi connectivity index (χ1n) is 6.31. The van der Waals surface area contributed by atoms with Crippen LogP contribution in [0.25, 0.3) is 0 Å². The van der Waals surface area contributed by atoms with Crippen LogP contribution in [-0.2, 0) is 10.0 Å². The van der Waals surface area contributed by atoms with Gasteiger partial charge in [-0.25, -0.2) is 8.42 Å². The highest BCUT2D eigenvalue weighted by atomic mass is 32.2. The molecule has 18 heavy (non-hydrogen) atoms. The van der Waals surface area contributed by atoms with Gasteiger partial charge in [0.05, 0.1) is 11.4 Å². The van der Waals surface area contributed by atoms with Crippen molar-refractivity contribution in [2.24, 2.45) is 5.92 Å². The van der Waals surface area contributed by atoms with E-state index >= 15 is 0 Å². The SMILES string of the molecule is CN(c1cccc(N)c1)S(=O)(=O)CCC1CCC1. The average Bonchev–Trinajstić information content (AvgIpc) is 2.25. The van der Waals surface area contributed by atoms with Crippen LogP contribution >= 0.6 is 0 Å². The predicted molar refractivity (Wildman–Crippen MR) is 75.0 cm³/mol. The summed E-state index contributed by atoms with van der Waals surface area (Å²) >= 11 is 0. The molecule has 4 nitrogen and oxygen atoms in total. The molecule has 0 radical (unpaired) electrons. The summed E-state index contributed by atoms with van der Waals surface area (Å²) in [4.78, 5) is 0. The second-order valence-corrected chi connectivity index (χ2v) is 7.08. The van der Waals surface area contributed by atoms with Gasteiger partial charge < -0.3 is 5.73 Å². The van der Waals surface area contributed by atoms with Crippen LogP contribution in [0, 0.1) is 5.92 Å². The molecule has 0 heterocycles. The molecule has 100 valence electrons. The van der Waals surface area contributed by atoms with E-state index in [-0.39, 0.29) is 5.75 Å². The van der Waals surface area contributed by atoms with Crippen LogP contribution in [-0.4, -0.2) is 21.2 Å². The molecular weight excluding hydrogens is 248 g/mol. The van der Waals surface area contributed by atoms with Gasteiger partial charge in [0.1, 0.15) is 0 Å². The minimum Gasteiger partial charge on any atom is -0.399 e. The summed E-state index contributed by atoms with van der Waals surface area (Å²) in [6.45, 7) is 0. The van der Waals surface area contributed by atoms with Crippen molar-refractivity contribution in [3.63, 3.8) is 0 Å². The van der Waals surface area contributed by atoms with E-state index in [9.17, 15) is 8.42 Å². The van der Waals surface area contributed by atoms with Gasteiger partial charge >= 0.3 is 0 Å². The van der Waals surface area contributed by atoms with Gasteiger partial charge in [-0.3, -0.25) is 4.31 Å². The molecule has 0 bridgehead atoms. The highest BCUT2D eigenvalue weighted by Gasteiger charge is 2.23. The second-order valence-electron chi connectivity index (χ2n) is 4.96. The number of benzene rings is 1. The number of nitrogens with zero attached hydrogens (tertiary/aromatic N) is 1. The molecule has 0 saturated heterocycles. The van der Waals surface area contributed by atoms with E-state index in [1.54, 1.807) is 31.3 Å². The van der Waals surface area contributed by atoms with Crippen LogP contribution in [0.3, 0.4) is 0 Å². The Morgan fingerprint density at radius 1 is 1.39 bits per heavy atom. The fourth-order valence-corrected chi connectivity index (χ4v) is 3.46. The largest absolute Gasteiger partial charge is 0.399 e. The molecule has 0 atom stereocenters. The van der Waals surface area contributed by atoms with Crippen LogP contribution in [0.4, 0.5) is 11.4 Å². The number of nitrogen functional groups attached to an aromatic ring is 1. The third kappa shape index (κ3) is 2.96. The topological polar surface area (TPSA) is 63.4 Å². The fourth-order valence-electron chi connectivity index (χ4n) is 2.12. The summed E-state index contributed by atoms with van der Waals surface area (Å²) in [7, 11) is -1.64. The summed E-state index contributed by atoms with van der Waals surface area (Å²) in [5, 5.41) is 0. The minimum atomic E-state index is -3.22. The number of anilines is 2. The van der Waals surface area contributed by atoms with Gasteiger partial charge in [0, 0.05) is 12.7 Å². The Morgan fingerprint density at radius 3 is 2.67 bits per heavy atom. The van der Waals surface area contributed by atoms with Crippen molar-refractivity contribution in [1.29, 1.82) is 0 Å². The molecule has 1 saturated carbocycles. The first-order chi connectivity index (χ1) is 8.49. The Kier molecular flexibility index (Phi) is 3.80. The van der Waals surface area contributed by atoms with Gasteiger partial charge in [0.25, 0.3) is 0 Å². The molecular formula is C13H20N2O2S. The average molecular weight is 268 g/mol. The molecule has 2 rings (SSSR count). The van der Waals surface area contributed by atoms with E-state index in [0.29, 0.717) is 17.3 Å². The van der Waals surface area contributed by atoms with Gasteiger partial charge in [0.15, 0.2) is 0 Å². The van der Waals surface area contributed by atoms with Crippen molar-refractivity contribution in [2.45, 2.75) is 25.7 Å². The first-order valence-corrected chi connectivity index (χ1v) is 7.92. The van der Waals surface area contributed by atoms with E-state index in [0.717, 1.165) is 6.42 Å². The number of rotatable bonds is 5. The zero-order chi connectivity index (χ0) is 13.2. The normalized spacial score (nSPS) is 16.3. The van der Waals surface area contributed by atoms with Crippen molar-refractivity contribution >= 4 is 21.4 Å². The van der Waals surface area contributed by atoms with Crippen LogP contribution in [0.5, 0.6) is 0 Å². The van der Waals surface area contributed by atoms with E-state index < -0.39 is 10.0 Å². The molecule has 1 fully saturated rings. The maximum atomic E-state index is 12.2. The lowest BCUT2D eigenvalue weighted by molar-refractivity contribution is 0.307. The monoisotopic (exact) mass is 268 g/mol. The van der Waals surface area contributed by atoms with Crippen molar-refractivity contribution in [2.75, 3.05) is 22.8 Å². The Labute approximate surface area is 109 Å². The predicted octanol–water partition coefficient (Wildman–Crippen LogP) is 2.22. The lowest BCUT2D eigenvalue weighted by Crippen LogP contribution is -2.30. The van der Waals surface area contributed by atoms with E-state index in [1.807, 2.05) is 0 Å². The van der Waals surface area contributed by atoms with E-state index in [1.165, 1.54) is 23.6 Å². The lowest BCUT2D eigenvalue weighted by Gasteiger charge is -2.26. The van der Waals surface area contributed by atoms with Gasteiger partial charge in [-0.05, 0) is 30.5 Å². The molecule has 5 heteroatoms. The molecule has 0 aromatic heterocycles. The van der Waals surface area contributed by atoms with Gasteiger partial charge in [0.2, 0.25) is 10.0 Å². The van der Waals surface area contributed by atoms with Crippen LogP contribution in [0.1, 0.15) is 25.7 Å². The highest BCUT2D eigenvalue weighted by Crippen LogP contribution is 2.30. The molecule has 2 N–H and O–H groups in total. The molecule has 0 amide bonds. The van der Waals surface area contributed by atoms with Gasteiger partial charge in [-0.15, -0.1) is 0 Å². The molecule has 0 unspecified atom stereocenters. The minimum absolute atomic E-state index is 0.225. The van der Waals surface area contributed by atoms with Crippen LogP contribution < -0.4 is 10.0 Å². The van der Waals surface area contributed by atoms with Crippen molar-refractivity contribution in [3.05, 3.63) is 24.3 Å². The van der Waals surface area contributed by atoms with E-state index in [4.69, 9.17) is 5.73 Å². The standard InChI is InChI=1S/C13H20N2O2S/c1-15(13-7-3-6-12(14)10-13)18(16,17)9-8-11-4-2-5-11/h3,6-7,10-11H,2,4-5,8-9,14H2,1H3. The molecule has 1 aliphatic rings. The van der Waals surface area contributed by atoms with Crippen LogP contribution in [0.2, 0.25) is 0 Å². The summed E-state index contributed by atoms with van der Waals surface area (Å²) < 4.78 is 25.7. The zero-order valence-corrected chi connectivity index (χ0v) is 11.5. The Bertz CT molecular complexity index is 509. The quantitative estimate of drug-likeness (QED) is 0.833. The summed E-state index contributed by atoms with van der Waals surface area (Å²) in [5.41, 5.74) is 6.88. The molecule has 1 aromatic rings. The smallest absolute Gasteiger partial charge is 0.234 e. The van der Waals surface area contributed by atoms with E-state index in [2.05, 4.69) is 0 Å². The zero-order valence-electron chi connectivity index (χ0n) is 10.7. The summed E-state index contributed by atoms with van der Waals surface area (Å²) in [6.07, 6.45) is 4.37. The van der Waals surface area contributed by atoms with Gasteiger partial charge in [-0.2, -0.15) is 0 Å². The number of sulfonamides is 1. The van der Waals surface area contributed by atoms with Crippen molar-refractivity contribution in [1.82, 2.24) is 0 Å². The maximum Gasteiger partial charge on any atom is 0.234 e. The Balaban J connectivity index is 2.03. The number of hydrogen-bond donors (Lipinski definition) is 1. The molecule has 1 aliphatic carbocycles. The number of nitrogens with two attached hydrogens (primary N) is 1.